The van der Waals surface area contributed by atoms with Gasteiger partial charge in [0.1, 0.15) is 6.54 Å². The molecular weight excluding hydrogens is 320 g/mol. The Hall–Kier alpha value is -2.27. The van der Waals surface area contributed by atoms with E-state index >= 15 is 0 Å². The summed E-state index contributed by atoms with van der Waals surface area (Å²) in [6, 6.07) is 13.7. The van der Waals surface area contributed by atoms with Crippen LogP contribution in [-0.4, -0.2) is 24.1 Å². The van der Waals surface area contributed by atoms with E-state index in [2.05, 4.69) is 12.2 Å². The van der Waals surface area contributed by atoms with Crippen LogP contribution in [0.4, 0.5) is 11.4 Å². The lowest BCUT2D eigenvalue weighted by Crippen LogP contribution is -2.41. The molecule has 124 valence electrons. The Morgan fingerprint density at radius 3 is 2.79 bits per heavy atom. The molecule has 0 aliphatic carbocycles. The van der Waals surface area contributed by atoms with E-state index in [1.807, 2.05) is 49.4 Å². The predicted molar refractivity (Wildman–Crippen MR) is 98.7 cm³/mol. The highest BCUT2D eigenvalue weighted by molar-refractivity contribution is 8.00. The van der Waals surface area contributed by atoms with Crippen molar-refractivity contribution in [3.8, 4) is 0 Å². The lowest BCUT2D eigenvalue weighted by atomic mass is 10.1. The zero-order chi connectivity index (χ0) is 17.1. The minimum absolute atomic E-state index is 0.0330. The van der Waals surface area contributed by atoms with E-state index in [-0.39, 0.29) is 18.4 Å². The number of thioether (sulfide) groups is 1. The Morgan fingerprint density at radius 1 is 1.21 bits per heavy atom. The first kappa shape index (κ1) is 16.6. The van der Waals surface area contributed by atoms with Crippen molar-refractivity contribution in [2.45, 2.75) is 25.2 Å². The normalized spacial score (nSPS) is 13.6. The first-order valence-corrected chi connectivity index (χ1v) is 8.99. The lowest BCUT2D eigenvalue weighted by molar-refractivity contribution is -0.120. The fourth-order valence-corrected chi connectivity index (χ4v) is 3.79. The Labute approximate surface area is 146 Å². The number of aryl methyl sites for hydroxylation is 2. The molecule has 1 heterocycles. The number of hydrogen-bond donors (Lipinski definition) is 1. The zero-order valence-electron chi connectivity index (χ0n) is 13.8. The molecule has 2 aromatic rings. The second kappa shape index (κ2) is 7.09. The van der Waals surface area contributed by atoms with Crippen molar-refractivity contribution in [2.24, 2.45) is 0 Å². The Morgan fingerprint density at radius 2 is 2.00 bits per heavy atom. The third-order valence-electron chi connectivity index (χ3n) is 4.11. The molecule has 0 saturated carbocycles. The fraction of sp³-hybridized carbons (Fsp3) is 0.263. The molecule has 0 aromatic heterocycles. The smallest absolute Gasteiger partial charge is 0.244 e. The predicted octanol–water partition coefficient (Wildman–Crippen LogP) is 3.63. The maximum Gasteiger partial charge on any atom is 0.244 e. The number of hydrogen-bond acceptors (Lipinski definition) is 3. The van der Waals surface area contributed by atoms with Crippen molar-refractivity contribution < 1.29 is 9.59 Å². The number of anilines is 2. The van der Waals surface area contributed by atoms with Crippen molar-refractivity contribution in [1.82, 2.24) is 0 Å². The van der Waals surface area contributed by atoms with Crippen LogP contribution in [0.2, 0.25) is 0 Å². The first-order valence-electron chi connectivity index (χ1n) is 8.00. The summed E-state index contributed by atoms with van der Waals surface area (Å²) in [5, 5.41) is 2.99. The van der Waals surface area contributed by atoms with E-state index in [9.17, 15) is 9.59 Å². The third kappa shape index (κ3) is 3.31. The Balaban J connectivity index is 1.80. The molecule has 1 N–H and O–H groups in total. The molecule has 5 heteroatoms. The number of rotatable bonds is 4. The summed E-state index contributed by atoms with van der Waals surface area (Å²) in [6.45, 7) is 4.08. The van der Waals surface area contributed by atoms with Crippen LogP contribution >= 0.6 is 11.8 Å². The molecule has 3 rings (SSSR count). The molecular formula is C19H20N2O2S. The van der Waals surface area contributed by atoms with Crippen LogP contribution < -0.4 is 10.2 Å². The maximum atomic E-state index is 12.5. The molecule has 0 radical (unpaired) electrons. The Bertz CT molecular complexity index is 789. The molecule has 0 atom stereocenters. The van der Waals surface area contributed by atoms with Gasteiger partial charge >= 0.3 is 0 Å². The highest BCUT2D eigenvalue weighted by Gasteiger charge is 2.26. The monoisotopic (exact) mass is 340 g/mol. The van der Waals surface area contributed by atoms with E-state index in [4.69, 9.17) is 0 Å². The van der Waals surface area contributed by atoms with E-state index < -0.39 is 0 Å². The molecule has 0 spiro atoms. The van der Waals surface area contributed by atoms with Gasteiger partial charge in [0.15, 0.2) is 0 Å². The molecule has 4 nitrogen and oxygen atoms in total. The van der Waals surface area contributed by atoms with Crippen LogP contribution in [0.1, 0.15) is 18.1 Å². The summed E-state index contributed by atoms with van der Waals surface area (Å²) in [5.41, 5.74) is 3.81. The van der Waals surface area contributed by atoms with Gasteiger partial charge in [-0.2, -0.15) is 0 Å². The average Bonchev–Trinajstić information content (AvgIpc) is 2.59. The summed E-state index contributed by atoms with van der Waals surface area (Å²) >= 11 is 1.52. The number of benzene rings is 2. The van der Waals surface area contributed by atoms with E-state index in [1.165, 1.54) is 11.8 Å². The van der Waals surface area contributed by atoms with Gasteiger partial charge in [0, 0.05) is 10.6 Å². The van der Waals surface area contributed by atoms with Crippen LogP contribution in [0.5, 0.6) is 0 Å². The minimum Gasteiger partial charge on any atom is -0.324 e. The van der Waals surface area contributed by atoms with Crippen molar-refractivity contribution in [3.63, 3.8) is 0 Å². The van der Waals surface area contributed by atoms with E-state index in [0.29, 0.717) is 5.75 Å². The number of fused-ring (bicyclic) bond motifs is 1. The van der Waals surface area contributed by atoms with Gasteiger partial charge in [-0.3, -0.25) is 9.59 Å². The van der Waals surface area contributed by atoms with E-state index in [1.54, 1.807) is 4.90 Å². The zero-order valence-corrected chi connectivity index (χ0v) is 14.7. The standard InChI is InChI=1S/C19H20N2O2S/c1-3-14-8-6-7-13(2)19(14)20-17(22)11-21-15-9-4-5-10-16(15)24-12-18(21)23/h4-10H,3,11-12H2,1-2H3,(H,20,22). The van der Waals surface area contributed by atoms with Crippen molar-refractivity contribution in [1.29, 1.82) is 0 Å². The van der Waals surface area contributed by atoms with Gasteiger partial charge in [0.05, 0.1) is 11.4 Å². The fourth-order valence-electron chi connectivity index (χ4n) is 2.85. The maximum absolute atomic E-state index is 12.5. The quantitative estimate of drug-likeness (QED) is 0.924. The van der Waals surface area contributed by atoms with Crippen molar-refractivity contribution in [2.75, 3.05) is 22.5 Å². The van der Waals surface area contributed by atoms with Gasteiger partial charge in [-0.1, -0.05) is 37.3 Å². The van der Waals surface area contributed by atoms with E-state index in [0.717, 1.165) is 33.8 Å². The highest BCUT2D eigenvalue weighted by Crippen LogP contribution is 2.34. The Kier molecular flexibility index (Phi) is 4.90. The molecule has 0 fully saturated rings. The molecule has 1 aliphatic heterocycles. The van der Waals surface area contributed by atoms with Crippen LogP contribution in [0.15, 0.2) is 47.4 Å². The third-order valence-corrected chi connectivity index (χ3v) is 5.16. The van der Waals surface area contributed by atoms with Gasteiger partial charge in [0.25, 0.3) is 0 Å². The highest BCUT2D eigenvalue weighted by atomic mass is 32.2. The molecule has 0 bridgehead atoms. The van der Waals surface area contributed by atoms with Crippen LogP contribution in [0.3, 0.4) is 0 Å². The first-order chi connectivity index (χ1) is 11.6. The van der Waals surface area contributed by atoms with Crippen molar-refractivity contribution >= 4 is 35.0 Å². The summed E-state index contributed by atoms with van der Waals surface area (Å²) < 4.78 is 0. The number of carbonyl (C=O) groups excluding carboxylic acids is 2. The van der Waals surface area contributed by atoms with Crippen LogP contribution in [-0.2, 0) is 16.0 Å². The van der Waals surface area contributed by atoms with Gasteiger partial charge in [-0.15, -0.1) is 11.8 Å². The SMILES string of the molecule is CCc1cccc(C)c1NC(=O)CN1C(=O)CSc2ccccc21. The summed E-state index contributed by atoms with van der Waals surface area (Å²) in [6.07, 6.45) is 0.847. The lowest BCUT2D eigenvalue weighted by Gasteiger charge is -2.28. The van der Waals surface area contributed by atoms with Gasteiger partial charge in [-0.25, -0.2) is 0 Å². The molecule has 0 unspecified atom stereocenters. The number of nitrogens with zero attached hydrogens (tertiary/aromatic N) is 1. The summed E-state index contributed by atoms with van der Waals surface area (Å²) in [5.74, 6) is 0.165. The molecule has 2 amide bonds. The topological polar surface area (TPSA) is 49.4 Å². The average molecular weight is 340 g/mol. The molecule has 24 heavy (non-hydrogen) atoms. The summed E-state index contributed by atoms with van der Waals surface area (Å²) in [7, 11) is 0. The molecule has 0 saturated heterocycles. The molecule has 1 aliphatic rings. The number of nitrogens with one attached hydrogen (secondary N) is 1. The number of para-hydroxylation sites is 2. The van der Waals surface area contributed by atoms with Crippen LogP contribution in [0.25, 0.3) is 0 Å². The second-order valence-electron chi connectivity index (χ2n) is 5.75. The van der Waals surface area contributed by atoms with Gasteiger partial charge in [-0.05, 0) is 36.6 Å². The minimum atomic E-state index is -0.172. The largest absolute Gasteiger partial charge is 0.324 e. The summed E-state index contributed by atoms with van der Waals surface area (Å²) in [4.78, 5) is 27.4. The van der Waals surface area contributed by atoms with Gasteiger partial charge in [0.2, 0.25) is 11.8 Å². The second-order valence-corrected chi connectivity index (χ2v) is 6.76. The number of amides is 2. The van der Waals surface area contributed by atoms with Gasteiger partial charge < -0.3 is 10.2 Å². The molecule has 2 aromatic carbocycles. The van der Waals surface area contributed by atoms with Crippen LogP contribution in [0, 0.1) is 6.92 Å². The number of carbonyl (C=O) groups is 2. The van der Waals surface area contributed by atoms with Crippen molar-refractivity contribution in [3.05, 3.63) is 53.6 Å².